The van der Waals surface area contributed by atoms with E-state index < -0.39 is 0 Å². The molecule has 0 amide bonds. The first-order valence-corrected chi connectivity index (χ1v) is 7.75. The van der Waals surface area contributed by atoms with Crippen LogP contribution in [0.5, 0.6) is 0 Å². The molecule has 1 nitrogen and oxygen atoms in total. The van der Waals surface area contributed by atoms with E-state index in [0.717, 1.165) is 24.7 Å². The van der Waals surface area contributed by atoms with Crippen molar-refractivity contribution in [2.75, 3.05) is 0 Å². The molecule has 0 N–H and O–H groups in total. The van der Waals surface area contributed by atoms with E-state index in [-0.39, 0.29) is 5.41 Å². The Hall–Kier alpha value is -0.330. The first-order valence-electron chi connectivity index (χ1n) is 7.75. The molecule has 0 aromatic carbocycles. The lowest BCUT2D eigenvalue weighted by Gasteiger charge is -2.39. The molecule has 1 rings (SSSR count). The van der Waals surface area contributed by atoms with Crippen LogP contribution in [0.25, 0.3) is 0 Å². The van der Waals surface area contributed by atoms with Gasteiger partial charge >= 0.3 is 0 Å². The summed E-state index contributed by atoms with van der Waals surface area (Å²) < 4.78 is 0. The molecule has 0 saturated heterocycles. The Morgan fingerprint density at radius 3 is 2.33 bits per heavy atom. The third kappa shape index (κ3) is 4.40. The zero-order valence-corrected chi connectivity index (χ0v) is 13.3. The normalized spacial score (nSPS) is 27.6. The molecule has 0 bridgehead atoms. The molecule has 0 aromatic rings. The number of carbonyl (C=O) groups excluding carboxylic acids is 1. The highest BCUT2D eigenvalue weighted by Crippen LogP contribution is 2.42. The summed E-state index contributed by atoms with van der Waals surface area (Å²) in [5, 5.41) is 0. The van der Waals surface area contributed by atoms with Gasteiger partial charge in [-0.3, -0.25) is 4.79 Å². The lowest BCUT2D eigenvalue weighted by atomic mass is 9.65. The summed E-state index contributed by atoms with van der Waals surface area (Å²) in [5.41, 5.74) is 0.186. The number of Topliss-reactive ketones (excluding diaryl/α,β-unsaturated/α-hetero) is 1. The van der Waals surface area contributed by atoms with Gasteiger partial charge in [0.25, 0.3) is 0 Å². The Balaban J connectivity index is 2.59. The SMILES string of the molecule is CC(C)CC(C)CC(C)(C)C1CCC(C)CC1=O. The van der Waals surface area contributed by atoms with Gasteiger partial charge in [-0.25, -0.2) is 0 Å². The molecule has 1 aliphatic carbocycles. The molecule has 1 saturated carbocycles. The predicted molar refractivity (Wildman–Crippen MR) is 78.5 cm³/mol. The van der Waals surface area contributed by atoms with Gasteiger partial charge in [0.2, 0.25) is 0 Å². The van der Waals surface area contributed by atoms with Crippen molar-refractivity contribution in [2.45, 2.75) is 73.6 Å². The highest BCUT2D eigenvalue weighted by atomic mass is 16.1. The molecule has 3 unspecified atom stereocenters. The summed E-state index contributed by atoms with van der Waals surface area (Å²) >= 11 is 0. The summed E-state index contributed by atoms with van der Waals surface area (Å²) in [6.45, 7) is 13.7. The molecular weight excluding hydrogens is 220 g/mol. The molecule has 106 valence electrons. The highest BCUT2D eigenvalue weighted by molar-refractivity contribution is 5.82. The molecule has 0 heterocycles. The zero-order chi connectivity index (χ0) is 13.9. The number of ketones is 1. The number of carbonyl (C=O) groups is 1. The van der Waals surface area contributed by atoms with Crippen LogP contribution in [0.3, 0.4) is 0 Å². The zero-order valence-electron chi connectivity index (χ0n) is 13.3. The van der Waals surface area contributed by atoms with E-state index in [1.54, 1.807) is 0 Å². The molecule has 1 fully saturated rings. The van der Waals surface area contributed by atoms with Crippen LogP contribution < -0.4 is 0 Å². The van der Waals surface area contributed by atoms with E-state index in [9.17, 15) is 4.79 Å². The van der Waals surface area contributed by atoms with Crippen LogP contribution in [-0.4, -0.2) is 5.78 Å². The third-order valence-electron chi connectivity index (χ3n) is 4.58. The lowest BCUT2D eigenvalue weighted by Crippen LogP contribution is -2.36. The van der Waals surface area contributed by atoms with Gasteiger partial charge in [0.05, 0.1) is 0 Å². The maximum absolute atomic E-state index is 12.3. The van der Waals surface area contributed by atoms with Crippen LogP contribution >= 0.6 is 0 Å². The fourth-order valence-corrected chi connectivity index (χ4v) is 3.95. The molecule has 1 heteroatoms. The van der Waals surface area contributed by atoms with Gasteiger partial charge in [-0.1, -0.05) is 41.5 Å². The van der Waals surface area contributed by atoms with E-state index in [1.165, 1.54) is 19.3 Å². The Kier molecular flexibility index (Phi) is 5.43. The number of rotatable bonds is 5. The average molecular weight is 252 g/mol. The molecule has 0 aliphatic heterocycles. The molecule has 0 spiro atoms. The molecule has 0 radical (unpaired) electrons. The fraction of sp³-hybridized carbons (Fsp3) is 0.941. The summed E-state index contributed by atoms with van der Waals surface area (Å²) in [4.78, 5) is 12.3. The summed E-state index contributed by atoms with van der Waals surface area (Å²) in [6, 6.07) is 0. The van der Waals surface area contributed by atoms with Crippen molar-refractivity contribution in [1.82, 2.24) is 0 Å². The first kappa shape index (κ1) is 15.7. The van der Waals surface area contributed by atoms with Gasteiger partial charge in [0.1, 0.15) is 5.78 Å². The second-order valence-electron chi connectivity index (χ2n) is 7.83. The summed E-state index contributed by atoms with van der Waals surface area (Å²) in [5.74, 6) is 2.93. The minimum absolute atomic E-state index is 0.186. The van der Waals surface area contributed by atoms with E-state index in [2.05, 4.69) is 41.5 Å². The Morgan fingerprint density at radius 2 is 1.83 bits per heavy atom. The smallest absolute Gasteiger partial charge is 0.136 e. The first-order chi connectivity index (χ1) is 8.22. The van der Waals surface area contributed by atoms with Gasteiger partial charge in [-0.05, 0) is 48.9 Å². The van der Waals surface area contributed by atoms with Crippen molar-refractivity contribution < 1.29 is 4.79 Å². The van der Waals surface area contributed by atoms with E-state index >= 15 is 0 Å². The molecule has 0 aromatic heterocycles. The van der Waals surface area contributed by atoms with Crippen molar-refractivity contribution >= 4 is 5.78 Å². The van der Waals surface area contributed by atoms with Gasteiger partial charge < -0.3 is 0 Å². The van der Waals surface area contributed by atoms with Gasteiger partial charge in [0, 0.05) is 12.3 Å². The predicted octanol–water partition coefficient (Wildman–Crippen LogP) is 5.09. The van der Waals surface area contributed by atoms with Crippen molar-refractivity contribution in [3.05, 3.63) is 0 Å². The largest absolute Gasteiger partial charge is 0.299 e. The standard InChI is InChI=1S/C17H32O/c1-12(2)9-14(4)11-17(5,6)15-8-7-13(3)10-16(15)18/h12-15H,7-11H2,1-6H3. The van der Waals surface area contributed by atoms with Crippen LogP contribution in [-0.2, 0) is 4.79 Å². The van der Waals surface area contributed by atoms with E-state index in [0.29, 0.717) is 17.6 Å². The Morgan fingerprint density at radius 1 is 1.22 bits per heavy atom. The van der Waals surface area contributed by atoms with Gasteiger partial charge in [0.15, 0.2) is 0 Å². The minimum Gasteiger partial charge on any atom is -0.299 e. The fourth-order valence-electron chi connectivity index (χ4n) is 3.95. The Labute approximate surface area is 114 Å². The molecular formula is C17H32O. The molecule has 18 heavy (non-hydrogen) atoms. The average Bonchev–Trinajstić information content (AvgIpc) is 2.13. The Bertz CT molecular complexity index is 277. The number of hydrogen-bond donors (Lipinski definition) is 0. The summed E-state index contributed by atoms with van der Waals surface area (Å²) in [6.07, 6.45) is 5.63. The van der Waals surface area contributed by atoms with Crippen molar-refractivity contribution in [3.63, 3.8) is 0 Å². The third-order valence-corrected chi connectivity index (χ3v) is 4.58. The van der Waals surface area contributed by atoms with Crippen molar-refractivity contribution in [3.8, 4) is 0 Å². The van der Waals surface area contributed by atoms with Crippen LogP contribution in [0.2, 0.25) is 0 Å². The van der Waals surface area contributed by atoms with Crippen LogP contribution in [0.1, 0.15) is 73.6 Å². The monoisotopic (exact) mass is 252 g/mol. The van der Waals surface area contributed by atoms with Crippen molar-refractivity contribution in [1.29, 1.82) is 0 Å². The van der Waals surface area contributed by atoms with Gasteiger partial charge in [-0.15, -0.1) is 0 Å². The van der Waals surface area contributed by atoms with Crippen LogP contribution in [0.15, 0.2) is 0 Å². The van der Waals surface area contributed by atoms with E-state index in [4.69, 9.17) is 0 Å². The molecule has 1 aliphatic rings. The second kappa shape index (κ2) is 6.21. The topological polar surface area (TPSA) is 17.1 Å². The minimum atomic E-state index is 0.186. The van der Waals surface area contributed by atoms with Crippen molar-refractivity contribution in [2.24, 2.45) is 29.1 Å². The van der Waals surface area contributed by atoms with Gasteiger partial charge in [-0.2, -0.15) is 0 Å². The maximum Gasteiger partial charge on any atom is 0.136 e. The molecule has 3 atom stereocenters. The summed E-state index contributed by atoms with van der Waals surface area (Å²) in [7, 11) is 0. The lowest BCUT2D eigenvalue weighted by molar-refractivity contribution is -0.130. The van der Waals surface area contributed by atoms with E-state index in [1.807, 2.05) is 0 Å². The number of hydrogen-bond acceptors (Lipinski definition) is 1. The quantitative estimate of drug-likeness (QED) is 0.666. The second-order valence-corrected chi connectivity index (χ2v) is 7.83. The highest BCUT2D eigenvalue weighted by Gasteiger charge is 2.38. The maximum atomic E-state index is 12.3. The van der Waals surface area contributed by atoms with Crippen LogP contribution in [0, 0.1) is 29.1 Å². The van der Waals surface area contributed by atoms with Crippen LogP contribution in [0.4, 0.5) is 0 Å².